The Hall–Kier alpha value is -2.34. The van der Waals surface area contributed by atoms with Gasteiger partial charge >= 0.3 is 0 Å². The summed E-state index contributed by atoms with van der Waals surface area (Å²) < 4.78 is 35.0. The van der Waals surface area contributed by atoms with Gasteiger partial charge in [0.15, 0.2) is 10.8 Å². The summed E-state index contributed by atoms with van der Waals surface area (Å²) in [6, 6.07) is 3.42. The number of likely N-dealkylation sites (N-methyl/N-ethyl adjacent to an activating group) is 1. The van der Waals surface area contributed by atoms with E-state index in [4.69, 9.17) is 9.72 Å². The molecule has 0 spiro atoms. The molecule has 4 heterocycles. The molecule has 1 fully saturated rings. The Morgan fingerprint density at radius 2 is 2.00 bits per heavy atom. The van der Waals surface area contributed by atoms with Crippen molar-refractivity contribution >= 4 is 38.2 Å². The number of anilines is 1. The second-order valence-electron chi connectivity index (χ2n) is 7.58. The van der Waals surface area contributed by atoms with Crippen LogP contribution in [0.5, 0.6) is 0 Å². The lowest BCUT2D eigenvalue weighted by molar-refractivity contribution is 0.205. The zero-order valence-electron chi connectivity index (χ0n) is 18.2. The summed E-state index contributed by atoms with van der Waals surface area (Å²) in [7, 11) is -2.27. The smallest absolute Gasteiger partial charge is 0.248 e. The van der Waals surface area contributed by atoms with Crippen molar-refractivity contribution in [3.63, 3.8) is 0 Å². The van der Waals surface area contributed by atoms with E-state index in [9.17, 15) is 13.2 Å². The number of thiazole rings is 1. The highest BCUT2D eigenvalue weighted by atomic mass is 32.2. The van der Waals surface area contributed by atoms with Crippen molar-refractivity contribution in [2.75, 3.05) is 44.8 Å². The third kappa shape index (κ3) is 4.29. The van der Waals surface area contributed by atoms with Gasteiger partial charge in [0.25, 0.3) is 0 Å². The molecule has 0 unspecified atom stereocenters. The molecule has 0 N–H and O–H groups in total. The molecule has 1 saturated heterocycles. The fraction of sp³-hybridized carbons (Fsp3) is 0.476. The van der Waals surface area contributed by atoms with E-state index < -0.39 is 15.5 Å². The molecule has 0 saturated carbocycles. The molecule has 9 nitrogen and oxygen atoms in total. The molecule has 172 valence electrons. The van der Waals surface area contributed by atoms with Crippen molar-refractivity contribution in [2.45, 2.75) is 31.1 Å². The van der Waals surface area contributed by atoms with E-state index in [0.717, 1.165) is 19.3 Å². The van der Waals surface area contributed by atoms with Crippen LogP contribution in [0.4, 0.5) is 5.82 Å². The van der Waals surface area contributed by atoms with Gasteiger partial charge < -0.3 is 9.64 Å². The topological polar surface area (TPSA) is 97.6 Å². The number of fused-ring (bicyclic) bond motifs is 1. The third-order valence-corrected chi connectivity index (χ3v) is 8.29. The highest BCUT2D eigenvalue weighted by Gasteiger charge is 2.30. The SMILES string of the molecule is CCN(CCOC)c1ccc2c(=O)c(S(=O)(=O)N3CCCCC3)cn(-c3nccs3)c2n1. The molecule has 1 aliphatic rings. The van der Waals surface area contributed by atoms with Crippen LogP contribution in [0.25, 0.3) is 16.2 Å². The standard InChI is InChI=1S/C21H27N5O4S2/c1-3-24(12-13-30-2)18-8-7-16-19(27)17(32(28,29)25-10-5-4-6-11-25)15-26(20(16)23-18)21-22-9-14-31-21/h7-9,14-15H,3-6,10-13H2,1-2H3. The number of methoxy groups -OCH3 is 1. The van der Waals surface area contributed by atoms with E-state index in [-0.39, 0.29) is 10.3 Å². The summed E-state index contributed by atoms with van der Waals surface area (Å²) in [5, 5.41) is 2.61. The Kier molecular flexibility index (Phi) is 6.89. The van der Waals surface area contributed by atoms with Gasteiger partial charge in [0.1, 0.15) is 10.7 Å². The predicted molar refractivity (Wildman–Crippen MR) is 125 cm³/mol. The van der Waals surface area contributed by atoms with E-state index >= 15 is 0 Å². The number of rotatable bonds is 8. The first-order chi connectivity index (χ1) is 15.5. The second kappa shape index (κ2) is 9.65. The molecule has 11 heteroatoms. The predicted octanol–water partition coefficient (Wildman–Crippen LogP) is 2.49. The molecule has 0 aliphatic carbocycles. The first kappa shape index (κ1) is 22.8. The molecule has 4 rings (SSSR count). The molecule has 32 heavy (non-hydrogen) atoms. The summed E-state index contributed by atoms with van der Waals surface area (Å²) in [6.07, 6.45) is 5.62. The Labute approximate surface area is 191 Å². The number of pyridine rings is 2. The minimum absolute atomic E-state index is 0.233. The van der Waals surface area contributed by atoms with Gasteiger partial charge in [-0.2, -0.15) is 4.31 Å². The van der Waals surface area contributed by atoms with Gasteiger partial charge in [-0.25, -0.2) is 18.4 Å². The monoisotopic (exact) mass is 477 g/mol. The lowest BCUT2D eigenvalue weighted by Gasteiger charge is -2.26. The number of sulfonamides is 1. The van der Waals surface area contributed by atoms with Crippen LogP contribution < -0.4 is 10.3 Å². The van der Waals surface area contributed by atoms with Crippen LogP contribution in [0.2, 0.25) is 0 Å². The Morgan fingerprint density at radius 1 is 1.22 bits per heavy atom. The van der Waals surface area contributed by atoms with E-state index in [1.54, 1.807) is 35.4 Å². The van der Waals surface area contributed by atoms with Crippen LogP contribution in [0.3, 0.4) is 0 Å². The summed E-state index contributed by atoms with van der Waals surface area (Å²) in [6.45, 7) is 4.78. The van der Waals surface area contributed by atoms with Crippen molar-refractivity contribution in [2.24, 2.45) is 0 Å². The minimum atomic E-state index is -3.92. The van der Waals surface area contributed by atoms with Crippen LogP contribution in [0, 0.1) is 0 Å². The summed E-state index contributed by atoms with van der Waals surface area (Å²) in [5.41, 5.74) is -0.145. The molecule has 0 amide bonds. The van der Waals surface area contributed by atoms with Crippen LogP contribution in [0.15, 0.2) is 39.6 Å². The minimum Gasteiger partial charge on any atom is -0.383 e. The summed E-state index contributed by atoms with van der Waals surface area (Å²) in [4.78, 5) is 24.2. The van der Waals surface area contributed by atoms with E-state index in [2.05, 4.69) is 4.98 Å². The fourth-order valence-corrected chi connectivity index (χ4v) is 6.11. The average Bonchev–Trinajstić information content (AvgIpc) is 3.35. The van der Waals surface area contributed by atoms with E-state index in [0.29, 0.717) is 49.4 Å². The summed E-state index contributed by atoms with van der Waals surface area (Å²) >= 11 is 1.35. The normalized spacial score (nSPS) is 15.3. The first-order valence-corrected chi connectivity index (χ1v) is 13.0. The van der Waals surface area contributed by atoms with Crippen LogP contribution >= 0.6 is 11.3 Å². The molecule has 0 bridgehead atoms. The number of hydrogen-bond acceptors (Lipinski definition) is 8. The van der Waals surface area contributed by atoms with Gasteiger partial charge in [-0.15, -0.1) is 11.3 Å². The molecular weight excluding hydrogens is 450 g/mol. The van der Waals surface area contributed by atoms with Gasteiger partial charge in [-0.1, -0.05) is 6.42 Å². The maximum atomic E-state index is 13.4. The van der Waals surface area contributed by atoms with Gasteiger partial charge in [0.2, 0.25) is 15.5 Å². The second-order valence-corrected chi connectivity index (χ2v) is 10.4. The van der Waals surface area contributed by atoms with E-state index in [1.807, 2.05) is 11.8 Å². The number of ether oxygens (including phenoxy) is 1. The summed E-state index contributed by atoms with van der Waals surface area (Å²) in [5.74, 6) is 0.688. The van der Waals surface area contributed by atoms with Crippen molar-refractivity contribution in [1.82, 2.24) is 18.8 Å². The number of piperidine rings is 1. The third-order valence-electron chi connectivity index (χ3n) is 5.63. The lowest BCUT2D eigenvalue weighted by atomic mass is 10.2. The number of hydrogen-bond donors (Lipinski definition) is 0. The molecule has 3 aromatic rings. The zero-order valence-corrected chi connectivity index (χ0v) is 19.9. The molecular formula is C21H27N5O4S2. The molecule has 3 aromatic heterocycles. The van der Waals surface area contributed by atoms with Crippen LogP contribution in [0.1, 0.15) is 26.2 Å². The molecule has 0 aromatic carbocycles. The fourth-order valence-electron chi connectivity index (χ4n) is 3.89. The van der Waals surface area contributed by atoms with Gasteiger partial charge in [0, 0.05) is 51.1 Å². The van der Waals surface area contributed by atoms with Gasteiger partial charge in [-0.3, -0.25) is 9.36 Å². The molecule has 1 aliphatic heterocycles. The maximum Gasteiger partial charge on any atom is 0.248 e. The largest absolute Gasteiger partial charge is 0.383 e. The van der Waals surface area contributed by atoms with Gasteiger partial charge in [-0.05, 0) is 31.9 Å². The molecule has 0 atom stereocenters. The van der Waals surface area contributed by atoms with Gasteiger partial charge in [0.05, 0.1) is 12.0 Å². The lowest BCUT2D eigenvalue weighted by Crippen LogP contribution is -2.38. The number of nitrogens with zero attached hydrogens (tertiary/aromatic N) is 5. The average molecular weight is 478 g/mol. The maximum absolute atomic E-state index is 13.4. The van der Waals surface area contributed by atoms with Crippen LogP contribution in [-0.4, -0.2) is 67.2 Å². The highest BCUT2D eigenvalue weighted by Crippen LogP contribution is 2.25. The highest BCUT2D eigenvalue weighted by molar-refractivity contribution is 7.89. The quantitative estimate of drug-likeness (QED) is 0.492. The Bertz CT molecular complexity index is 1240. The van der Waals surface area contributed by atoms with Crippen molar-refractivity contribution in [3.05, 3.63) is 40.1 Å². The Balaban J connectivity index is 1.91. The number of aromatic nitrogens is 3. The molecule has 0 radical (unpaired) electrons. The van der Waals surface area contributed by atoms with Crippen molar-refractivity contribution in [3.8, 4) is 5.13 Å². The van der Waals surface area contributed by atoms with Crippen molar-refractivity contribution in [1.29, 1.82) is 0 Å². The Morgan fingerprint density at radius 3 is 2.66 bits per heavy atom. The van der Waals surface area contributed by atoms with E-state index in [1.165, 1.54) is 21.8 Å². The zero-order chi connectivity index (χ0) is 22.7. The first-order valence-electron chi connectivity index (χ1n) is 10.7. The van der Waals surface area contributed by atoms with Crippen molar-refractivity contribution < 1.29 is 13.2 Å². The van der Waals surface area contributed by atoms with Crippen LogP contribution in [-0.2, 0) is 14.8 Å².